The molecule has 0 aromatic rings. The third-order valence-corrected chi connectivity index (χ3v) is 1.48. The lowest BCUT2D eigenvalue weighted by molar-refractivity contribution is -0.113. The Morgan fingerprint density at radius 2 is 1.64 bits per heavy atom. The van der Waals surface area contributed by atoms with Crippen molar-refractivity contribution in [3.8, 4) is 0 Å². The summed E-state index contributed by atoms with van der Waals surface area (Å²) in [5.41, 5.74) is 4.70. The molecule has 0 amide bonds. The third-order valence-electron chi connectivity index (χ3n) is 1.48. The fourth-order valence-corrected chi connectivity index (χ4v) is 0.683. The Morgan fingerprint density at radius 3 is 1.91 bits per heavy atom. The van der Waals surface area contributed by atoms with Gasteiger partial charge < -0.3 is 5.43 Å². The molecule has 0 aromatic carbocycles. The number of ketones is 1. The molecule has 0 rings (SSSR count). The Labute approximate surface area is 68.0 Å². The quantitative estimate of drug-likeness (QED) is 0.487. The van der Waals surface area contributed by atoms with Gasteiger partial charge in [0.1, 0.15) is 0 Å². The van der Waals surface area contributed by atoms with Crippen molar-refractivity contribution in [3.63, 3.8) is 0 Å². The molecule has 0 aliphatic rings. The van der Waals surface area contributed by atoms with E-state index in [-0.39, 0.29) is 5.78 Å². The predicted octanol–water partition coefficient (Wildman–Crippen LogP) is 0.935. The zero-order chi connectivity index (χ0) is 9.02. The maximum atomic E-state index is 10.9. The molecule has 1 N–H and O–H groups in total. The highest BCUT2D eigenvalue weighted by molar-refractivity contribution is 5.93. The van der Waals surface area contributed by atoms with Gasteiger partial charge in [-0.25, -0.2) is 5.01 Å². The number of hydrogen-bond donors (Lipinski definition) is 1. The second-order valence-electron chi connectivity index (χ2n) is 2.81. The van der Waals surface area contributed by atoms with Crippen molar-refractivity contribution in [2.45, 2.75) is 20.8 Å². The van der Waals surface area contributed by atoms with Crippen molar-refractivity contribution in [1.82, 2.24) is 10.4 Å². The van der Waals surface area contributed by atoms with Crippen LogP contribution >= 0.6 is 0 Å². The minimum absolute atomic E-state index is 0.108. The Morgan fingerprint density at radius 1 is 1.18 bits per heavy atom. The molecular formula is C8H16N2O. The number of carbonyl (C=O) groups excluding carboxylic acids is 1. The van der Waals surface area contributed by atoms with Gasteiger partial charge in [-0.1, -0.05) is 0 Å². The van der Waals surface area contributed by atoms with Gasteiger partial charge in [0.05, 0.1) is 0 Å². The first-order valence-corrected chi connectivity index (χ1v) is 3.57. The minimum atomic E-state index is 0.108. The van der Waals surface area contributed by atoms with E-state index in [0.717, 1.165) is 11.3 Å². The molecule has 11 heavy (non-hydrogen) atoms. The van der Waals surface area contributed by atoms with E-state index in [2.05, 4.69) is 5.43 Å². The molecule has 0 saturated heterocycles. The average molecular weight is 156 g/mol. The predicted molar refractivity (Wildman–Crippen MR) is 45.9 cm³/mol. The third kappa shape index (κ3) is 3.78. The summed E-state index contributed by atoms with van der Waals surface area (Å²) >= 11 is 0. The van der Waals surface area contributed by atoms with Crippen molar-refractivity contribution in [2.24, 2.45) is 0 Å². The van der Waals surface area contributed by atoms with E-state index in [1.54, 1.807) is 6.92 Å². The van der Waals surface area contributed by atoms with E-state index in [1.165, 1.54) is 0 Å². The van der Waals surface area contributed by atoms with Crippen molar-refractivity contribution in [2.75, 3.05) is 14.1 Å². The lowest BCUT2D eigenvalue weighted by atomic mass is 10.2. The fourth-order valence-electron chi connectivity index (χ4n) is 0.683. The van der Waals surface area contributed by atoms with Gasteiger partial charge in [0.2, 0.25) is 0 Å². The largest absolute Gasteiger partial charge is 0.323 e. The summed E-state index contributed by atoms with van der Waals surface area (Å²) in [6.45, 7) is 5.26. The van der Waals surface area contributed by atoms with Crippen LogP contribution in [0.3, 0.4) is 0 Å². The molecule has 3 heteroatoms. The van der Waals surface area contributed by atoms with Crippen LogP contribution in [0.2, 0.25) is 0 Å². The second-order valence-corrected chi connectivity index (χ2v) is 2.81. The molecule has 0 saturated carbocycles. The van der Waals surface area contributed by atoms with E-state index in [9.17, 15) is 4.79 Å². The maximum Gasteiger partial charge on any atom is 0.157 e. The van der Waals surface area contributed by atoms with Crippen LogP contribution in [0.1, 0.15) is 20.8 Å². The van der Waals surface area contributed by atoms with Crippen molar-refractivity contribution in [1.29, 1.82) is 0 Å². The van der Waals surface area contributed by atoms with Gasteiger partial charge in [-0.05, 0) is 20.8 Å². The Kier molecular flexibility index (Phi) is 3.82. The van der Waals surface area contributed by atoms with E-state index in [0.29, 0.717) is 0 Å². The van der Waals surface area contributed by atoms with E-state index in [4.69, 9.17) is 0 Å². The Balaban J connectivity index is 4.28. The number of Topliss-reactive ketones (excluding diaryl/α,β-unsaturated/α-hetero) is 1. The number of nitrogens with one attached hydrogen (secondary N) is 1. The van der Waals surface area contributed by atoms with Crippen molar-refractivity contribution >= 4 is 5.78 Å². The summed E-state index contributed by atoms with van der Waals surface area (Å²) < 4.78 is 0. The van der Waals surface area contributed by atoms with Crippen LogP contribution < -0.4 is 5.43 Å². The molecule has 3 nitrogen and oxygen atoms in total. The number of hydrogen-bond acceptors (Lipinski definition) is 3. The standard InChI is InChI=1S/C8H16N2O/c1-6(8(3)11)7(2)9-10(4)5/h9H,1-5H3/b7-6-. The molecule has 0 heterocycles. The lowest BCUT2D eigenvalue weighted by Crippen LogP contribution is -2.29. The van der Waals surface area contributed by atoms with Crippen LogP contribution in [0.15, 0.2) is 11.3 Å². The smallest absolute Gasteiger partial charge is 0.157 e. The van der Waals surface area contributed by atoms with Gasteiger partial charge >= 0.3 is 0 Å². The fraction of sp³-hybridized carbons (Fsp3) is 0.625. The van der Waals surface area contributed by atoms with E-state index in [1.807, 2.05) is 33.0 Å². The highest BCUT2D eigenvalue weighted by Crippen LogP contribution is 2.00. The number of allylic oxidation sites excluding steroid dienone is 2. The Hall–Kier alpha value is -0.830. The second kappa shape index (κ2) is 4.13. The number of carbonyl (C=O) groups is 1. The molecule has 0 radical (unpaired) electrons. The highest BCUT2D eigenvalue weighted by Gasteiger charge is 2.01. The summed E-state index contributed by atoms with van der Waals surface area (Å²) in [5, 5.41) is 1.81. The zero-order valence-electron chi connectivity index (χ0n) is 7.86. The highest BCUT2D eigenvalue weighted by atomic mass is 16.1. The first kappa shape index (κ1) is 10.2. The first-order valence-electron chi connectivity index (χ1n) is 3.57. The first-order chi connectivity index (χ1) is 4.95. The molecule has 0 aromatic heterocycles. The number of hydrazine groups is 1. The van der Waals surface area contributed by atoms with Crippen LogP contribution in [0, 0.1) is 0 Å². The van der Waals surface area contributed by atoms with E-state index >= 15 is 0 Å². The molecule has 0 aliphatic carbocycles. The molecule has 0 aliphatic heterocycles. The summed E-state index contributed by atoms with van der Waals surface area (Å²) in [6.07, 6.45) is 0. The Bertz CT molecular complexity index is 183. The van der Waals surface area contributed by atoms with Gasteiger partial charge in [0, 0.05) is 25.4 Å². The van der Waals surface area contributed by atoms with Crippen molar-refractivity contribution < 1.29 is 4.79 Å². The number of nitrogens with zero attached hydrogens (tertiary/aromatic N) is 1. The topological polar surface area (TPSA) is 32.3 Å². The molecule has 64 valence electrons. The summed E-state index contributed by atoms with van der Waals surface area (Å²) in [5.74, 6) is 0.108. The van der Waals surface area contributed by atoms with Crippen LogP contribution in [0.25, 0.3) is 0 Å². The maximum absolute atomic E-state index is 10.9. The van der Waals surface area contributed by atoms with Crippen LogP contribution in [-0.2, 0) is 4.79 Å². The minimum Gasteiger partial charge on any atom is -0.323 e. The SMILES string of the molecule is CC(=O)/C(C)=C(/C)NN(C)C. The lowest BCUT2D eigenvalue weighted by Gasteiger charge is -2.15. The van der Waals surface area contributed by atoms with Gasteiger partial charge in [-0.2, -0.15) is 0 Å². The van der Waals surface area contributed by atoms with Crippen molar-refractivity contribution in [3.05, 3.63) is 11.3 Å². The number of rotatable bonds is 3. The van der Waals surface area contributed by atoms with Crippen LogP contribution in [0.5, 0.6) is 0 Å². The molecule has 0 atom stereocenters. The molecule has 0 unspecified atom stereocenters. The van der Waals surface area contributed by atoms with E-state index < -0.39 is 0 Å². The summed E-state index contributed by atoms with van der Waals surface area (Å²) in [4.78, 5) is 10.9. The molecule has 0 fully saturated rings. The van der Waals surface area contributed by atoms with Gasteiger partial charge in [-0.15, -0.1) is 0 Å². The average Bonchev–Trinajstić information content (AvgIpc) is 1.84. The normalized spacial score (nSPS) is 12.9. The molecule has 0 bridgehead atoms. The molecular weight excluding hydrogens is 140 g/mol. The van der Waals surface area contributed by atoms with Gasteiger partial charge in [-0.3, -0.25) is 4.79 Å². The van der Waals surface area contributed by atoms with Gasteiger partial charge in [0.15, 0.2) is 5.78 Å². The molecule has 0 spiro atoms. The van der Waals surface area contributed by atoms with Crippen LogP contribution in [-0.4, -0.2) is 24.9 Å². The monoisotopic (exact) mass is 156 g/mol. The van der Waals surface area contributed by atoms with Gasteiger partial charge in [0.25, 0.3) is 0 Å². The van der Waals surface area contributed by atoms with Crippen LogP contribution in [0.4, 0.5) is 0 Å². The summed E-state index contributed by atoms with van der Waals surface area (Å²) in [7, 11) is 3.77. The summed E-state index contributed by atoms with van der Waals surface area (Å²) in [6, 6.07) is 0. The zero-order valence-corrected chi connectivity index (χ0v) is 7.86.